The number of carbonyl (C=O) groups is 1. The molecule has 1 aromatic heterocycles. The summed E-state index contributed by atoms with van der Waals surface area (Å²) in [6.07, 6.45) is 4.58. The highest BCUT2D eigenvalue weighted by molar-refractivity contribution is 6.06. The first-order valence-electron chi connectivity index (χ1n) is 6.36. The molecule has 4 nitrogen and oxygen atoms in total. The molecule has 0 amide bonds. The minimum absolute atomic E-state index is 0.00870. The molecule has 1 aromatic carbocycles. The first kappa shape index (κ1) is 15.6. The number of allylic oxidation sites excluding steroid dienone is 1. The van der Waals surface area contributed by atoms with Crippen molar-refractivity contribution in [3.05, 3.63) is 59.8 Å². The molecule has 0 bridgehead atoms. The van der Waals surface area contributed by atoms with Gasteiger partial charge in [0.2, 0.25) is 5.88 Å². The van der Waals surface area contributed by atoms with Crippen LogP contribution < -0.4 is 9.47 Å². The van der Waals surface area contributed by atoms with Crippen molar-refractivity contribution in [1.82, 2.24) is 4.98 Å². The Balaban J connectivity index is 2.06. The van der Waals surface area contributed by atoms with Gasteiger partial charge >= 0.3 is 6.61 Å². The van der Waals surface area contributed by atoms with Gasteiger partial charge in [-0.2, -0.15) is 8.78 Å². The van der Waals surface area contributed by atoms with Gasteiger partial charge in [0.1, 0.15) is 5.75 Å². The quantitative estimate of drug-likeness (QED) is 0.604. The Morgan fingerprint density at radius 3 is 2.59 bits per heavy atom. The number of halogens is 2. The highest BCUT2D eigenvalue weighted by Crippen LogP contribution is 2.16. The fourth-order valence-corrected chi connectivity index (χ4v) is 1.71. The van der Waals surface area contributed by atoms with Gasteiger partial charge < -0.3 is 9.47 Å². The fourth-order valence-electron chi connectivity index (χ4n) is 1.71. The molecule has 0 saturated carbocycles. The summed E-state index contributed by atoms with van der Waals surface area (Å²) in [4.78, 5) is 15.9. The van der Waals surface area contributed by atoms with Crippen molar-refractivity contribution >= 4 is 11.9 Å². The lowest BCUT2D eigenvalue weighted by molar-refractivity contribution is -0.0498. The average molecular weight is 305 g/mol. The molecule has 0 saturated heterocycles. The summed E-state index contributed by atoms with van der Waals surface area (Å²) in [5, 5.41) is 0. The zero-order valence-corrected chi connectivity index (χ0v) is 11.7. The number of rotatable bonds is 6. The van der Waals surface area contributed by atoms with Crippen molar-refractivity contribution in [2.75, 3.05) is 7.11 Å². The van der Waals surface area contributed by atoms with Crippen LogP contribution in [-0.4, -0.2) is 24.5 Å². The maximum absolute atomic E-state index is 12.0. The lowest BCUT2D eigenvalue weighted by Gasteiger charge is -2.04. The molecule has 0 aliphatic carbocycles. The summed E-state index contributed by atoms with van der Waals surface area (Å²) in [5.41, 5.74) is 1.14. The van der Waals surface area contributed by atoms with Crippen LogP contribution in [0.4, 0.5) is 8.78 Å². The molecule has 22 heavy (non-hydrogen) atoms. The smallest absolute Gasteiger partial charge is 0.387 e. The van der Waals surface area contributed by atoms with Crippen LogP contribution in [0.1, 0.15) is 15.9 Å². The van der Waals surface area contributed by atoms with Gasteiger partial charge in [-0.25, -0.2) is 4.98 Å². The second-order valence-corrected chi connectivity index (χ2v) is 4.23. The molecule has 0 aliphatic heterocycles. The Hall–Kier alpha value is -2.76. The van der Waals surface area contributed by atoms with E-state index in [2.05, 4.69) is 9.72 Å². The third-order valence-electron chi connectivity index (χ3n) is 2.76. The van der Waals surface area contributed by atoms with Crippen LogP contribution >= 0.6 is 0 Å². The van der Waals surface area contributed by atoms with E-state index in [-0.39, 0.29) is 11.5 Å². The van der Waals surface area contributed by atoms with Crippen LogP contribution in [0.3, 0.4) is 0 Å². The number of alkyl halides is 2. The van der Waals surface area contributed by atoms with Gasteiger partial charge in [-0.05, 0) is 42.0 Å². The van der Waals surface area contributed by atoms with E-state index >= 15 is 0 Å². The number of carbonyl (C=O) groups excluding carboxylic acids is 1. The second-order valence-electron chi connectivity index (χ2n) is 4.23. The van der Waals surface area contributed by atoms with Crippen LogP contribution in [0.5, 0.6) is 11.6 Å². The van der Waals surface area contributed by atoms with Crippen molar-refractivity contribution in [3.63, 3.8) is 0 Å². The van der Waals surface area contributed by atoms with Gasteiger partial charge in [0.15, 0.2) is 5.78 Å². The summed E-state index contributed by atoms with van der Waals surface area (Å²) >= 11 is 0. The molecule has 6 heteroatoms. The monoisotopic (exact) mass is 305 g/mol. The zero-order chi connectivity index (χ0) is 15.9. The van der Waals surface area contributed by atoms with Gasteiger partial charge in [0.25, 0.3) is 0 Å². The Kier molecular flexibility index (Phi) is 5.19. The largest absolute Gasteiger partial charge is 0.481 e. The molecule has 2 aromatic rings. The summed E-state index contributed by atoms with van der Waals surface area (Å²) in [6, 6.07) is 8.91. The number of pyridine rings is 1. The van der Waals surface area contributed by atoms with E-state index in [1.165, 1.54) is 37.5 Å². The molecular formula is C16H13F2NO3. The lowest BCUT2D eigenvalue weighted by atomic mass is 10.1. The Morgan fingerprint density at radius 2 is 1.95 bits per heavy atom. The number of hydrogen-bond donors (Lipinski definition) is 0. The molecule has 0 unspecified atom stereocenters. The summed E-state index contributed by atoms with van der Waals surface area (Å²) in [7, 11) is 1.50. The summed E-state index contributed by atoms with van der Waals surface area (Å²) < 4.78 is 33.3. The molecule has 0 fully saturated rings. The average Bonchev–Trinajstić information content (AvgIpc) is 2.53. The minimum atomic E-state index is -2.89. The Bertz CT molecular complexity index is 669. The van der Waals surface area contributed by atoms with E-state index in [0.717, 1.165) is 5.56 Å². The third kappa shape index (κ3) is 4.37. The van der Waals surface area contributed by atoms with Crippen LogP contribution in [0.15, 0.2) is 48.7 Å². The number of methoxy groups -OCH3 is 1. The molecule has 0 N–H and O–H groups in total. The van der Waals surface area contributed by atoms with Crippen molar-refractivity contribution in [2.45, 2.75) is 6.61 Å². The van der Waals surface area contributed by atoms with E-state index in [1.54, 1.807) is 24.4 Å². The van der Waals surface area contributed by atoms with Crippen LogP contribution in [0.2, 0.25) is 0 Å². The van der Waals surface area contributed by atoms with Gasteiger partial charge in [0, 0.05) is 17.8 Å². The van der Waals surface area contributed by atoms with Gasteiger partial charge in [0.05, 0.1) is 7.11 Å². The molecule has 114 valence electrons. The highest BCUT2D eigenvalue weighted by Gasteiger charge is 2.06. The van der Waals surface area contributed by atoms with E-state index in [0.29, 0.717) is 11.4 Å². The maximum Gasteiger partial charge on any atom is 0.387 e. The number of ether oxygens (including phenoxy) is 2. The molecule has 2 rings (SSSR count). The number of benzene rings is 1. The first-order chi connectivity index (χ1) is 10.6. The maximum atomic E-state index is 12.0. The van der Waals surface area contributed by atoms with E-state index in [4.69, 9.17) is 4.74 Å². The number of nitrogens with zero attached hydrogens (tertiary/aromatic N) is 1. The van der Waals surface area contributed by atoms with E-state index < -0.39 is 6.61 Å². The second kappa shape index (κ2) is 7.31. The van der Waals surface area contributed by atoms with Crippen molar-refractivity contribution in [3.8, 4) is 11.6 Å². The van der Waals surface area contributed by atoms with Crippen LogP contribution in [-0.2, 0) is 0 Å². The predicted molar refractivity (Wildman–Crippen MR) is 77.2 cm³/mol. The normalized spacial score (nSPS) is 10.9. The van der Waals surface area contributed by atoms with Crippen LogP contribution in [0.25, 0.3) is 6.08 Å². The highest BCUT2D eigenvalue weighted by atomic mass is 19.3. The van der Waals surface area contributed by atoms with E-state index in [1.807, 2.05) is 0 Å². The summed E-state index contributed by atoms with van der Waals surface area (Å²) in [5.74, 6) is 0.205. The third-order valence-corrected chi connectivity index (χ3v) is 2.76. The van der Waals surface area contributed by atoms with Crippen molar-refractivity contribution < 1.29 is 23.0 Å². The SMILES string of the molecule is COc1cc(/C=C/C(=O)c2ccc(OC(F)F)cc2)ccn1. The molecular weight excluding hydrogens is 292 g/mol. The molecule has 0 aliphatic rings. The van der Waals surface area contributed by atoms with Gasteiger partial charge in [-0.15, -0.1) is 0 Å². The fraction of sp³-hybridized carbons (Fsp3) is 0.125. The Labute approximate surface area is 126 Å². The van der Waals surface area contributed by atoms with Crippen molar-refractivity contribution in [2.24, 2.45) is 0 Å². The standard InChI is InChI=1S/C16H13F2NO3/c1-21-15-10-11(8-9-19-15)2-7-14(20)12-3-5-13(6-4-12)22-16(17)18/h2-10,16H,1H3/b7-2+. The van der Waals surface area contributed by atoms with Crippen molar-refractivity contribution in [1.29, 1.82) is 0 Å². The molecule has 0 radical (unpaired) electrons. The molecule has 0 spiro atoms. The zero-order valence-electron chi connectivity index (χ0n) is 11.7. The predicted octanol–water partition coefficient (Wildman–Crippen LogP) is 3.59. The number of hydrogen-bond acceptors (Lipinski definition) is 4. The van der Waals surface area contributed by atoms with Crippen LogP contribution in [0, 0.1) is 0 Å². The van der Waals surface area contributed by atoms with E-state index in [9.17, 15) is 13.6 Å². The number of aromatic nitrogens is 1. The lowest BCUT2D eigenvalue weighted by Crippen LogP contribution is -2.02. The van der Waals surface area contributed by atoms with Gasteiger partial charge in [-0.3, -0.25) is 4.79 Å². The number of ketones is 1. The molecule has 0 atom stereocenters. The topological polar surface area (TPSA) is 48.4 Å². The first-order valence-corrected chi connectivity index (χ1v) is 6.36. The minimum Gasteiger partial charge on any atom is -0.481 e. The Morgan fingerprint density at radius 1 is 1.23 bits per heavy atom. The van der Waals surface area contributed by atoms with Gasteiger partial charge in [-0.1, -0.05) is 6.08 Å². The summed E-state index contributed by atoms with van der Waals surface area (Å²) in [6.45, 7) is -2.89. The molecule has 1 heterocycles.